The monoisotopic (exact) mass is 311 g/mol. The van der Waals surface area contributed by atoms with Crippen LogP contribution in [0.1, 0.15) is 5.56 Å². The summed E-state index contributed by atoms with van der Waals surface area (Å²) in [7, 11) is 1.68. The molecule has 0 saturated carbocycles. The lowest BCUT2D eigenvalue weighted by molar-refractivity contribution is -0.121. The smallest absolute Gasteiger partial charge is 0.266 e. The number of aromatic hydroxyl groups is 1. The minimum absolute atomic E-state index is 0.104. The molecular formula is C16H13N3O2S. The summed E-state index contributed by atoms with van der Waals surface area (Å²) in [5, 5.41) is 10.1. The van der Waals surface area contributed by atoms with Crippen LogP contribution in [0.4, 0.5) is 5.69 Å². The fourth-order valence-electron chi connectivity index (χ4n) is 1.94. The van der Waals surface area contributed by atoms with Gasteiger partial charge in [-0.3, -0.25) is 14.7 Å². The Morgan fingerprint density at radius 3 is 2.91 bits per heavy atom. The molecule has 6 heteroatoms. The number of hydrogen-bond donors (Lipinski definition) is 1. The topological polar surface area (TPSA) is 65.8 Å². The molecule has 1 fully saturated rings. The van der Waals surface area contributed by atoms with E-state index in [1.165, 1.54) is 16.7 Å². The summed E-state index contributed by atoms with van der Waals surface area (Å²) in [6, 6.07) is 10.3. The largest absolute Gasteiger partial charge is 0.508 e. The lowest BCUT2D eigenvalue weighted by Gasteiger charge is -2.07. The molecule has 0 unspecified atom stereocenters. The van der Waals surface area contributed by atoms with Crippen molar-refractivity contribution >= 4 is 34.6 Å². The minimum Gasteiger partial charge on any atom is -0.508 e. The van der Waals surface area contributed by atoms with Crippen molar-refractivity contribution in [1.29, 1.82) is 0 Å². The number of amides is 1. The van der Waals surface area contributed by atoms with Crippen LogP contribution in [0.2, 0.25) is 0 Å². The molecule has 1 aromatic heterocycles. The van der Waals surface area contributed by atoms with E-state index in [4.69, 9.17) is 0 Å². The number of likely N-dealkylation sites (N-methyl/N-ethyl adjacent to an activating group) is 1. The highest BCUT2D eigenvalue weighted by atomic mass is 32.2. The molecule has 0 atom stereocenters. The number of carbonyl (C=O) groups is 1. The molecule has 5 nitrogen and oxygen atoms in total. The van der Waals surface area contributed by atoms with Gasteiger partial charge in [0, 0.05) is 25.5 Å². The Bertz CT molecular complexity index is 772. The van der Waals surface area contributed by atoms with E-state index in [2.05, 4.69) is 9.98 Å². The third-order valence-electron chi connectivity index (χ3n) is 3.04. The maximum absolute atomic E-state index is 12.3. The average Bonchev–Trinajstić information content (AvgIpc) is 2.77. The zero-order valence-electron chi connectivity index (χ0n) is 11.8. The molecule has 1 aromatic carbocycles. The third-order valence-corrected chi connectivity index (χ3v) is 4.10. The van der Waals surface area contributed by atoms with E-state index in [1.807, 2.05) is 12.1 Å². The first-order valence-electron chi connectivity index (χ1n) is 6.59. The lowest BCUT2D eigenvalue weighted by atomic mass is 10.2. The van der Waals surface area contributed by atoms with E-state index < -0.39 is 0 Å². The predicted molar refractivity (Wildman–Crippen MR) is 87.8 cm³/mol. The summed E-state index contributed by atoms with van der Waals surface area (Å²) in [5.41, 5.74) is 1.47. The molecule has 1 saturated heterocycles. The maximum atomic E-state index is 12.3. The van der Waals surface area contributed by atoms with Crippen molar-refractivity contribution in [3.8, 4) is 5.75 Å². The number of pyridine rings is 1. The number of aromatic nitrogens is 1. The summed E-state index contributed by atoms with van der Waals surface area (Å²) in [6.45, 7) is 0. The van der Waals surface area contributed by atoms with Gasteiger partial charge < -0.3 is 5.11 Å². The van der Waals surface area contributed by atoms with Crippen molar-refractivity contribution in [2.24, 2.45) is 4.99 Å². The second kappa shape index (κ2) is 6.03. The van der Waals surface area contributed by atoms with E-state index in [0.29, 0.717) is 15.8 Å². The number of thioether (sulfide) groups is 1. The Balaban J connectivity index is 1.90. The van der Waals surface area contributed by atoms with Crippen LogP contribution in [0.25, 0.3) is 6.08 Å². The van der Waals surface area contributed by atoms with Crippen LogP contribution in [0.15, 0.2) is 58.7 Å². The Labute approximate surface area is 132 Å². The number of nitrogens with zero attached hydrogens (tertiary/aromatic N) is 3. The number of hydrogen-bond acceptors (Lipinski definition) is 5. The molecule has 22 heavy (non-hydrogen) atoms. The standard InChI is InChI=1S/C16H13N3O2S/c1-19-15(21)14(8-11-4-3-7-17-10-11)22-16(19)18-12-5-2-6-13(20)9-12/h2-10,20H,1H3/b14-8-,18-16?. The van der Waals surface area contributed by atoms with Crippen molar-refractivity contribution in [2.45, 2.75) is 0 Å². The first kappa shape index (κ1) is 14.3. The number of carbonyl (C=O) groups excluding carboxylic acids is 1. The summed E-state index contributed by atoms with van der Waals surface area (Å²) in [4.78, 5) is 22.8. The molecule has 0 bridgehead atoms. The first-order chi connectivity index (χ1) is 10.6. The molecule has 1 aliphatic heterocycles. The van der Waals surface area contributed by atoms with Gasteiger partial charge in [-0.15, -0.1) is 0 Å². The van der Waals surface area contributed by atoms with E-state index in [1.54, 1.807) is 49.8 Å². The van der Waals surface area contributed by atoms with Crippen LogP contribution in [0.5, 0.6) is 5.75 Å². The zero-order chi connectivity index (χ0) is 15.5. The van der Waals surface area contributed by atoms with E-state index in [0.717, 1.165) is 5.56 Å². The SMILES string of the molecule is CN1C(=O)/C(=C/c2cccnc2)SC1=Nc1cccc(O)c1. The molecule has 2 heterocycles. The molecule has 0 radical (unpaired) electrons. The van der Waals surface area contributed by atoms with E-state index in [9.17, 15) is 9.90 Å². The quantitative estimate of drug-likeness (QED) is 0.866. The van der Waals surface area contributed by atoms with Gasteiger partial charge in [-0.1, -0.05) is 12.1 Å². The zero-order valence-corrected chi connectivity index (χ0v) is 12.6. The molecule has 1 N–H and O–H groups in total. The number of phenols is 1. The average molecular weight is 311 g/mol. The number of benzene rings is 1. The fourth-order valence-corrected chi connectivity index (χ4v) is 2.92. The number of amidine groups is 1. The third kappa shape index (κ3) is 3.01. The van der Waals surface area contributed by atoms with Crippen molar-refractivity contribution in [3.63, 3.8) is 0 Å². The molecule has 2 aromatic rings. The predicted octanol–water partition coefficient (Wildman–Crippen LogP) is 3.02. The molecule has 110 valence electrons. The van der Waals surface area contributed by atoms with Gasteiger partial charge in [-0.25, -0.2) is 4.99 Å². The van der Waals surface area contributed by atoms with Gasteiger partial charge in [0.1, 0.15) is 5.75 Å². The van der Waals surface area contributed by atoms with Gasteiger partial charge in [0.05, 0.1) is 10.6 Å². The van der Waals surface area contributed by atoms with Crippen molar-refractivity contribution < 1.29 is 9.90 Å². The van der Waals surface area contributed by atoms with Crippen molar-refractivity contribution in [3.05, 3.63) is 59.3 Å². The van der Waals surface area contributed by atoms with Crippen LogP contribution >= 0.6 is 11.8 Å². The Morgan fingerprint density at radius 2 is 2.18 bits per heavy atom. The van der Waals surface area contributed by atoms with Gasteiger partial charge in [-0.05, 0) is 41.6 Å². The van der Waals surface area contributed by atoms with Gasteiger partial charge >= 0.3 is 0 Å². The van der Waals surface area contributed by atoms with E-state index >= 15 is 0 Å². The van der Waals surface area contributed by atoms with Gasteiger partial charge in [0.15, 0.2) is 5.17 Å². The van der Waals surface area contributed by atoms with Crippen LogP contribution in [0.3, 0.4) is 0 Å². The summed E-state index contributed by atoms with van der Waals surface area (Å²) in [5.74, 6) is 0.0395. The molecule has 0 aliphatic carbocycles. The number of phenolic OH excluding ortho intramolecular Hbond substituents is 1. The normalized spacial score (nSPS) is 18.4. The maximum Gasteiger partial charge on any atom is 0.266 e. The van der Waals surface area contributed by atoms with Crippen LogP contribution in [-0.4, -0.2) is 33.1 Å². The molecule has 0 spiro atoms. The van der Waals surface area contributed by atoms with Crippen LogP contribution < -0.4 is 0 Å². The van der Waals surface area contributed by atoms with Crippen molar-refractivity contribution in [1.82, 2.24) is 9.88 Å². The minimum atomic E-state index is -0.104. The fraction of sp³-hybridized carbons (Fsp3) is 0.0625. The highest BCUT2D eigenvalue weighted by Crippen LogP contribution is 2.33. The Morgan fingerprint density at radius 1 is 1.32 bits per heavy atom. The van der Waals surface area contributed by atoms with Gasteiger partial charge in [0.25, 0.3) is 5.91 Å². The van der Waals surface area contributed by atoms with E-state index in [-0.39, 0.29) is 11.7 Å². The molecular weight excluding hydrogens is 298 g/mol. The van der Waals surface area contributed by atoms with Gasteiger partial charge in [0.2, 0.25) is 0 Å². The molecule has 1 amide bonds. The lowest BCUT2D eigenvalue weighted by Crippen LogP contribution is -2.23. The summed E-state index contributed by atoms with van der Waals surface area (Å²) >= 11 is 1.30. The Kier molecular flexibility index (Phi) is 3.93. The molecule has 3 rings (SSSR count). The van der Waals surface area contributed by atoms with Crippen LogP contribution in [0, 0.1) is 0 Å². The second-order valence-corrected chi connectivity index (χ2v) is 5.68. The number of aliphatic imine (C=N–C) groups is 1. The number of rotatable bonds is 2. The molecule has 1 aliphatic rings. The van der Waals surface area contributed by atoms with Crippen molar-refractivity contribution in [2.75, 3.05) is 7.05 Å². The van der Waals surface area contributed by atoms with Gasteiger partial charge in [-0.2, -0.15) is 0 Å². The Hall–Kier alpha value is -2.60. The summed E-state index contributed by atoms with van der Waals surface area (Å²) < 4.78 is 0. The first-order valence-corrected chi connectivity index (χ1v) is 7.40. The van der Waals surface area contributed by atoms with Crippen LogP contribution in [-0.2, 0) is 4.79 Å². The highest BCUT2D eigenvalue weighted by Gasteiger charge is 2.30. The summed E-state index contributed by atoms with van der Waals surface area (Å²) in [6.07, 6.45) is 5.18. The highest BCUT2D eigenvalue weighted by molar-refractivity contribution is 8.18. The second-order valence-electron chi connectivity index (χ2n) is 4.68.